The molecule has 0 unspecified atom stereocenters. The van der Waals surface area contributed by atoms with Crippen LogP contribution in [0.1, 0.15) is 25.7 Å². The van der Waals surface area contributed by atoms with Crippen LogP contribution in [0.5, 0.6) is 0 Å². The first-order valence-electron chi connectivity index (χ1n) is 5.93. The summed E-state index contributed by atoms with van der Waals surface area (Å²) in [4.78, 5) is 15.4. The molecule has 92 valence electrons. The van der Waals surface area contributed by atoms with E-state index in [1.165, 1.54) is 32.6 Å². The number of aliphatic imine (C=N–C) groups is 1. The number of ether oxygens (including phenoxy) is 2. The van der Waals surface area contributed by atoms with Crippen molar-refractivity contribution >= 4 is 12.2 Å². The molecule has 1 heterocycles. The summed E-state index contributed by atoms with van der Waals surface area (Å²) in [6.45, 7) is 0. The maximum Gasteiger partial charge on any atom is 0.352 e. The van der Waals surface area contributed by atoms with E-state index in [4.69, 9.17) is 4.74 Å². The molecule has 0 aromatic heterocycles. The van der Waals surface area contributed by atoms with Gasteiger partial charge in [0.2, 0.25) is 6.10 Å². The standard InChI is InChI=1S/C13H17NO3/c1-16-13(15)12-9-14-8-11(17-12)7-10-5-3-2-4-6-10/h3,5,8-10,12H,2,4,6-7H2,1H3/t10-,12-/m1/s1. The molecule has 0 N–H and O–H groups in total. The molecule has 0 fully saturated rings. The monoisotopic (exact) mass is 235 g/mol. The van der Waals surface area contributed by atoms with Gasteiger partial charge in [0.25, 0.3) is 0 Å². The Hall–Kier alpha value is -1.58. The van der Waals surface area contributed by atoms with Crippen LogP contribution >= 0.6 is 0 Å². The van der Waals surface area contributed by atoms with Crippen molar-refractivity contribution in [1.82, 2.24) is 0 Å². The zero-order valence-electron chi connectivity index (χ0n) is 9.96. The van der Waals surface area contributed by atoms with Gasteiger partial charge < -0.3 is 9.47 Å². The smallest absolute Gasteiger partial charge is 0.352 e. The van der Waals surface area contributed by atoms with Gasteiger partial charge in [-0.3, -0.25) is 4.99 Å². The average Bonchev–Trinajstić information content (AvgIpc) is 2.39. The third-order valence-corrected chi connectivity index (χ3v) is 2.97. The van der Waals surface area contributed by atoms with Crippen LogP contribution < -0.4 is 0 Å². The Morgan fingerprint density at radius 3 is 3.24 bits per heavy atom. The minimum Gasteiger partial charge on any atom is -0.476 e. The number of hydrogen-bond donors (Lipinski definition) is 0. The molecule has 0 radical (unpaired) electrons. The lowest BCUT2D eigenvalue weighted by atomic mass is 9.92. The minimum atomic E-state index is -0.687. The molecule has 0 aromatic carbocycles. The highest BCUT2D eigenvalue weighted by atomic mass is 16.6. The number of hydrogen-bond acceptors (Lipinski definition) is 4. The van der Waals surface area contributed by atoms with Gasteiger partial charge in [-0.2, -0.15) is 0 Å². The number of allylic oxidation sites excluding steroid dienone is 3. The number of rotatable bonds is 3. The molecule has 2 rings (SSSR count). The van der Waals surface area contributed by atoms with E-state index in [9.17, 15) is 4.79 Å². The normalized spacial score (nSPS) is 27.2. The Kier molecular flexibility index (Phi) is 3.96. The molecular weight excluding hydrogens is 218 g/mol. The molecule has 0 bridgehead atoms. The van der Waals surface area contributed by atoms with Gasteiger partial charge in [0.15, 0.2) is 0 Å². The fourth-order valence-corrected chi connectivity index (χ4v) is 2.07. The summed E-state index contributed by atoms with van der Waals surface area (Å²) in [5.74, 6) is 0.861. The topological polar surface area (TPSA) is 47.9 Å². The first-order chi connectivity index (χ1) is 8.29. The predicted molar refractivity (Wildman–Crippen MR) is 64.6 cm³/mol. The highest BCUT2D eigenvalue weighted by Gasteiger charge is 2.23. The van der Waals surface area contributed by atoms with Crippen molar-refractivity contribution in [3.8, 4) is 0 Å². The zero-order valence-corrected chi connectivity index (χ0v) is 9.96. The van der Waals surface area contributed by atoms with E-state index in [1.807, 2.05) is 0 Å². The molecule has 0 saturated heterocycles. The van der Waals surface area contributed by atoms with Gasteiger partial charge >= 0.3 is 5.97 Å². The third-order valence-electron chi connectivity index (χ3n) is 2.97. The Morgan fingerprint density at radius 1 is 1.65 bits per heavy atom. The fraction of sp³-hybridized carbons (Fsp3) is 0.538. The second-order valence-electron chi connectivity index (χ2n) is 4.28. The highest BCUT2D eigenvalue weighted by molar-refractivity contribution is 5.93. The summed E-state index contributed by atoms with van der Waals surface area (Å²) < 4.78 is 10.2. The number of esters is 1. The maximum absolute atomic E-state index is 11.3. The first-order valence-corrected chi connectivity index (χ1v) is 5.93. The van der Waals surface area contributed by atoms with Crippen LogP contribution in [0.25, 0.3) is 0 Å². The molecule has 0 spiro atoms. The van der Waals surface area contributed by atoms with E-state index in [0.29, 0.717) is 5.92 Å². The molecule has 0 amide bonds. The lowest BCUT2D eigenvalue weighted by Gasteiger charge is -2.22. The number of carbonyl (C=O) groups is 1. The van der Waals surface area contributed by atoms with E-state index < -0.39 is 12.1 Å². The maximum atomic E-state index is 11.3. The van der Waals surface area contributed by atoms with Crippen LogP contribution in [0.4, 0.5) is 0 Å². The van der Waals surface area contributed by atoms with Crippen LogP contribution in [-0.4, -0.2) is 25.4 Å². The van der Waals surface area contributed by atoms with Crippen molar-refractivity contribution in [3.05, 3.63) is 24.1 Å². The summed E-state index contributed by atoms with van der Waals surface area (Å²) in [7, 11) is 1.35. The highest BCUT2D eigenvalue weighted by Crippen LogP contribution is 2.25. The van der Waals surface area contributed by atoms with Crippen LogP contribution in [-0.2, 0) is 14.3 Å². The molecular formula is C13H17NO3. The van der Waals surface area contributed by atoms with Gasteiger partial charge in [-0.05, 0) is 25.2 Å². The van der Waals surface area contributed by atoms with E-state index >= 15 is 0 Å². The second kappa shape index (κ2) is 5.66. The van der Waals surface area contributed by atoms with Crippen molar-refractivity contribution in [2.45, 2.75) is 31.8 Å². The Bertz CT molecular complexity index is 371. The van der Waals surface area contributed by atoms with Crippen molar-refractivity contribution in [1.29, 1.82) is 0 Å². The number of carbonyl (C=O) groups excluding carboxylic acids is 1. The zero-order chi connectivity index (χ0) is 12.1. The molecule has 2 aliphatic rings. The van der Waals surface area contributed by atoms with Gasteiger partial charge in [0.1, 0.15) is 5.76 Å². The molecule has 1 aliphatic heterocycles. The van der Waals surface area contributed by atoms with E-state index in [1.54, 1.807) is 6.20 Å². The SMILES string of the molecule is COC(=O)[C@H]1C=NC=C(C[C@@H]2C=CCCC2)O1. The molecule has 2 atom stereocenters. The Balaban J connectivity index is 1.91. The molecule has 1 aliphatic carbocycles. The minimum absolute atomic E-state index is 0.404. The van der Waals surface area contributed by atoms with E-state index in [-0.39, 0.29) is 0 Å². The van der Waals surface area contributed by atoms with E-state index in [2.05, 4.69) is 21.9 Å². The van der Waals surface area contributed by atoms with Gasteiger partial charge in [0, 0.05) is 6.42 Å². The summed E-state index contributed by atoms with van der Waals surface area (Å²) in [5, 5.41) is 0. The van der Waals surface area contributed by atoms with Gasteiger partial charge in [0.05, 0.1) is 19.5 Å². The van der Waals surface area contributed by atoms with Gasteiger partial charge in [-0.15, -0.1) is 0 Å². The van der Waals surface area contributed by atoms with E-state index in [0.717, 1.165) is 12.2 Å². The summed E-state index contributed by atoms with van der Waals surface area (Å²) in [6.07, 6.45) is 11.3. The van der Waals surface area contributed by atoms with Gasteiger partial charge in [-0.1, -0.05) is 12.2 Å². The van der Waals surface area contributed by atoms with Crippen LogP contribution in [0.15, 0.2) is 29.1 Å². The third kappa shape index (κ3) is 3.19. The summed E-state index contributed by atoms with van der Waals surface area (Å²) in [6, 6.07) is 0. The molecule has 4 heteroatoms. The fourth-order valence-electron chi connectivity index (χ4n) is 2.07. The van der Waals surface area contributed by atoms with Crippen molar-refractivity contribution in [2.75, 3.05) is 7.11 Å². The number of nitrogens with zero attached hydrogens (tertiary/aromatic N) is 1. The lowest BCUT2D eigenvalue weighted by Crippen LogP contribution is -2.28. The lowest BCUT2D eigenvalue weighted by molar-refractivity contribution is -0.147. The molecule has 17 heavy (non-hydrogen) atoms. The van der Waals surface area contributed by atoms with Crippen LogP contribution in [0.2, 0.25) is 0 Å². The van der Waals surface area contributed by atoms with Gasteiger partial charge in [-0.25, -0.2) is 4.79 Å². The summed E-state index contributed by atoms with van der Waals surface area (Å²) >= 11 is 0. The largest absolute Gasteiger partial charge is 0.476 e. The van der Waals surface area contributed by atoms with Crippen LogP contribution in [0, 0.1) is 5.92 Å². The Labute approximate surface area is 101 Å². The number of methoxy groups -OCH3 is 1. The average molecular weight is 235 g/mol. The molecule has 0 aromatic rings. The summed E-state index contributed by atoms with van der Waals surface area (Å²) in [5.41, 5.74) is 0. The van der Waals surface area contributed by atoms with Crippen molar-refractivity contribution in [3.63, 3.8) is 0 Å². The predicted octanol–water partition coefficient (Wildman–Crippen LogP) is 2.22. The molecule has 4 nitrogen and oxygen atoms in total. The first kappa shape index (κ1) is 11.9. The van der Waals surface area contributed by atoms with Crippen LogP contribution in [0.3, 0.4) is 0 Å². The van der Waals surface area contributed by atoms with Crippen molar-refractivity contribution in [2.24, 2.45) is 10.9 Å². The Morgan fingerprint density at radius 2 is 2.53 bits per heavy atom. The quantitative estimate of drug-likeness (QED) is 0.556. The molecule has 0 saturated carbocycles. The second-order valence-corrected chi connectivity index (χ2v) is 4.28. The van der Waals surface area contributed by atoms with Crippen molar-refractivity contribution < 1.29 is 14.3 Å².